The van der Waals surface area contributed by atoms with Crippen LogP contribution in [0.5, 0.6) is 0 Å². The Labute approximate surface area is 172 Å². The van der Waals surface area contributed by atoms with Crippen molar-refractivity contribution in [1.29, 1.82) is 0 Å². The van der Waals surface area contributed by atoms with E-state index in [0.717, 1.165) is 5.69 Å². The fraction of sp³-hybridized carbons (Fsp3) is 0.263. The number of anilines is 3. The second-order valence-electron chi connectivity index (χ2n) is 6.45. The number of carbonyl (C=O) groups excluding carboxylic acids is 2. The van der Waals surface area contributed by atoms with Gasteiger partial charge < -0.3 is 20.1 Å². The molecule has 0 bridgehead atoms. The van der Waals surface area contributed by atoms with E-state index in [-0.39, 0.29) is 12.2 Å². The van der Waals surface area contributed by atoms with Crippen LogP contribution in [0.1, 0.15) is 0 Å². The highest BCUT2D eigenvalue weighted by molar-refractivity contribution is 7.80. The number of benzene rings is 1. The summed E-state index contributed by atoms with van der Waals surface area (Å²) < 4.78 is 10.4. The Morgan fingerprint density at radius 1 is 1.10 bits per heavy atom. The zero-order chi connectivity index (χ0) is 20.2. The molecule has 2 saturated heterocycles. The number of pyridine rings is 1. The van der Waals surface area contributed by atoms with E-state index < -0.39 is 6.09 Å². The second kappa shape index (κ2) is 8.31. The number of nitrogens with one attached hydrogen (secondary N) is 2. The summed E-state index contributed by atoms with van der Waals surface area (Å²) in [5, 5.41) is 6.41. The molecule has 0 saturated carbocycles. The summed E-state index contributed by atoms with van der Waals surface area (Å²) in [7, 11) is 0. The van der Waals surface area contributed by atoms with Gasteiger partial charge in [0, 0.05) is 17.6 Å². The van der Waals surface area contributed by atoms with Gasteiger partial charge in [0.15, 0.2) is 5.11 Å². The minimum absolute atomic E-state index is 0.348. The highest BCUT2D eigenvalue weighted by Crippen LogP contribution is 2.26. The van der Waals surface area contributed by atoms with Crippen molar-refractivity contribution in [3.05, 3.63) is 48.7 Å². The molecule has 10 heteroatoms. The van der Waals surface area contributed by atoms with Crippen LogP contribution in [0.2, 0.25) is 0 Å². The molecule has 150 valence electrons. The fourth-order valence-corrected chi connectivity index (χ4v) is 3.27. The number of thiocarbonyl (C=S) groups is 1. The van der Waals surface area contributed by atoms with Gasteiger partial charge >= 0.3 is 12.2 Å². The highest BCUT2D eigenvalue weighted by Gasteiger charge is 2.32. The first kappa shape index (κ1) is 18.9. The van der Waals surface area contributed by atoms with Gasteiger partial charge in [0.1, 0.15) is 18.5 Å². The first-order valence-electron chi connectivity index (χ1n) is 9.08. The SMILES string of the molecule is O=C1OCCN1c1ccc(N2CC(CNC(=S)Nc3ccccn3)OC2=O)cc1. The Balaban J connectivity index is 1.31. The third-order valence-corrected chi connectivity index (χ3v) is 4.75. The lowest BCUT2D eigenvalue weighted by Gasteiger charge is -2.16. The first-order valence-corrected chi connectivity index (χ1v) is 9.49. The molecule has 2 amide bonds. The van der Waals surface area contributed by atoms with Crippen molar-refractivity contribution in [3.63, 3.8) is 0 Å². The van der Waals surface area contributed by atoms with E-state index in [9.17, 15) is 9.59 Å². The molecule has 4 rings (SSSR count). The van der Waals surface area contributed by atoms with Gasteiger partial charge in [-0.1, -0.05) is 6.07 Å². The number of rotatable bonds is 5. The zero-order valence-electron chi connectivity index (χ0n) is 15.4. The highest BCUT2D eigenvalue weighted by atomic mass is 32.1. The zero-order valence-corrected chi connectivity index (χ0v) is 16.2. The molecule has 9 nitrogen and oxygen atoms in total. The lowest BCUT2D eigenvalue weighted by molar-refractivity contribution is 0.143. The molecule has 2 aliphatic rings. The number of amides is 2. The van der Waals surface area contributed by atoms with E-state index >= 15 is 0 Å². The summed E-state index contributed by atoms with van der Waals surface area (Å²) in [6, 6.07) is 12.6. The smallest absolute Gasteiger partial charge is 0.414 e. The Kier molecular flexibility index (Phi) is 5.43. The maximum Gasteiger partial charge on any atom is 0.414 e. The van der Waals surface area contributed by atoms with E-state index in [0.29, 0.717) is 42.9 Å². The molecule has 2 fully saturated rings. The Morgan fingerprint density at radius 3 is 2.52 bits per heavy atom. The van der Waals surface area contributed by atoms with Gasteiger partial charge in [0.25, 0.3) is 0 Å². The maximum absolute atomic E-state index is 12.2. The Bertz CT molecular complexity index is 909. The van der Waals surface area contributed by atoms with Crippen LogP contribution >= 0.6 is 12.2 Å². The van der Waals surface area contributed by atoms with Gasteiger partial charge in [-0.05, 0) is 48.6 Å². The molecule has 2 N–H and O–H groups in total. The number of cyclic esters (lactones) is 2. The van der Waals surface area contributed by atoms with Crippen molar-refractivity contribution in [3.8, 4) is 0 Å². The van der Waals surface area contributed by atoms with Crippen LogP contribution in [-0.4, -0.2) is 54.6 Å². The summed E-state index contributed by atoms with van der Waals surface area (Å²) in [6.07, 6.45) is 0.534. The number of carbonyl (C=O) groups is 2. The number of aromatic nitrogens is 1. The third-order valence-electron chi connectivity index (χ3n) is 4.50. The predicted molar refractivity (Wildman–Crippen MR) is 111 cm³/mol. The number of hydrogen-bond donors (Lipinski definition) is 2. The van der Waals surface area contributed by atoms with Gasteiger partial charge in [-0.3, -0.25) is 9.80 Å². The van der Waals surface area contributed by atoms with Crippen molar-refractivity contribution in [2.45, 2.75) is 6.10 Å². The topological polar surface area (TPSA) is 96.0 Å². The molecule has 1 aromatic carbocycles. The van der Waals surface area contributed by atoms with Crippen LogP contribution in [0.4, 0.5) is 26.8 Å². The summed E-state index contributed by atoms with van der Waals surface area (Å²) in [5.74, 6) is 0.636. The van der Waals surface area contributed by atoms with Gasteiger partial charge in [-0.2, -0.15) is 0 Å². The van der Waals surface area contributed by atoms with Crippen molar-refractivity contribution >= 4 is 46.7 Å². The summed E-state index contributed by atoms with van der Waals surface area (Å²) >= 11 is 5.24. The normalized spacial score (nSPS) is 18.4. The number of hydrogen-bond acceptors (Lipinski definition) is 6. The van der Waals surface area contributed by atoms with E-state index in [1.165, 1.54) is 0 Å². The predicted octanol–water partition coefficient (Wildman–Crippen LogP) is 2.35. The lowest BCUT2D eigenvalue weighted by atomic mass is 10.2. The molecule has 1 aromatic heterocycles. The van der Waals surface area contributed by atoms with Crippen molar-refractivity contribution in [2.75, 3.05) is 41.4 Å². The lowest BCUT2D eigenvalue weighted by Crippen LogP contribution is -2.37. The number of nitrogens with zero attached hydrogens (tertiary/aromatic N) is 3. The molecule has 2 aliphatic heterocycles. The summed E-state index contributed by atoms with van der Waals surface area (Å²) in [6.45, 7) is 1.66. The number of ether oxygens (including phenoxy) is 2. The molecule has 1 atom stereocenters. The van der Waals surface area contributed by atoms with Crippen molar-refractivity contribution < 1.29 is 19.1 Å². The van der Waals surface area contributed by atoms with Crippen molar-refractivity contribution in [2.24, 2.45) is 0 Å². The van der Waals surface area contributed by atoms with Crippen LogP contribution in [0.3, 0.4) is 0 Å². The van der Waals surface area contributed by atoms with Gasteiger partial charge in [-0.25, -0.2) is 14.6 Å². The monoisotopic (exact) mass is 413 g/mol. The van der Waals surface area contributed by atoms with Gasteiger partial charge in [-0.15, -0.1) is 0 Å². The third kappa shape index (κ3) is 4.37. The van der Waals surface area contributed by atoms with Gasteiger partial charge in [0.05, 0.1) is 19.6 Å². The summed E-state index contributed by atoms with van der Waals surface area (Å²) in [4.78, 5) is 31.1. The average molecular weight is 413 g/mol. The van der Waals surface area contributed by atoms with E-state index in [1.54, 1.807) is 46.3 Å². The van der Waals surface area contributed by atoms with E-state index in [4.69, 9.17) is 21.7 Å². The van der Waals surface area contributed by atoms with Crippen LogP contribution in [0.15, 0.2) is 48.7 Å². The molecule has 1 unspecified atom stereocenters. The molecular formula is C19H19N5O4S. The molecule has 0 aliphatic carbocycles. The van der Waals surface area contributed by atoms with Crippen molar-refractivity contribution in [1.82, 2.24) is 10.3 Å². The minimum Gasteiger partial charge on any atom is -0.447 e. The molecule has 0 spiro atoms. The van der Waals surface area contributed by atoms with E-state index in [1.807, 2.05) is 12.1 Å². The molecular weight excluding hydrogens is 394 g/mol. The molecule has 2 aromatic rings. The largest absolute Gasteiger partial charge is 0.447 e. The van der Waals surface area contributed by atoms with Crippen LogP contribution in [0.25, 0.3) is 0 Å². The average Bonchev–Trinajstić information content (AvgIpc) is 3.33. The second-order valence-corrected chi connectivity index (χ2v) is 6.86. The fourth-order valence-electron chi connectivity index (χ4n) is 3.08. The quantitative estimate of drug-likeness (QED) is 0.722. The van der Waals surface area contributed by atoms with Crippen LogP contribution in [-0.2, 0) is 9.47 Å². The van der Waals surface area contributed by atoms with Gasteiger partial charge in [0.2, 0.25) is 0 Å². The minimum atomic E-state index is -0.422. The standard InChI is InChI=1S/C19H19N5O4S/c25-18-23(9-10-27-18)13-4-6-14(7-5-13)24-12-15(28-19(24)26)11-21-17(29)22-16-3-1-2-8-20-16/h1-8,15H,9-12H2,(H2,20,21,22,29). The summed E-state index contributed by atoms with van der Waals surface area (Å²) in [5.41, 5.74) is 1.43. The maximum atomic E-state index is 12.2. The Morgan fingerprint density at radius 2 is 1.86 bits per heavy atom. The molecule has 29 heavy (non-hydrogen) atoms. The molecule has 3 heterocycles. The van der Waals surface area contributed by atoms with E-state index in [2.05, 4.69) is 15.6 Å². The van der Waals surface area contributed by atoms with Crippen LogP contribution < -0.4 is 20.4 Å². The van der Waals surface area contributed by atoms with Crippen LogP contribution in [0, 0.1) is 0 Å². The Hall–Kier alpha value is -3.40. The molecule has 0 radical (unpaired) electrons. The first-order chi connectivity index (χ1) is 14.1.